The topological polar surface area (TPSA) is 29.5 Å². The summed E-state index contributed by atoms with van der Waals surface area (Å²) in [5, 5.41) is 0. The van der Waals surface area contributed by atoms with Crippen molar-refractivity contribution in [3.63, 3.8) is 0 Å². The van der Waals surface area contributed by atoms with Crippen LogP contribution in [0.1, 0.15) is 24.2 Å². The molecule has 0 aliphatic carbocycles. The molecule has 0 atom stereocenters. The van der Waals surface area contributed by atoms with Crippen molar-refractivity contribution < 1.29 is 9.53 Å². The number of rotatable bonds is 6. The minimum atomic E-state index is 0.0747. The zero-order valence-electron chi connectivity index (χ0n) is 10.3. The molecular formula is C13H18INO2. The van der Waals surface area contributed by atoms with E-state index in [1.54, 1.807) is 4.90 Å². The average molecular weight is 347 g/mol. The fourth-order valence-corrected chi connectivity index (χ4v) is 2.07. The van der Waals surface area contributed by atoms with Crippen LogP contribution in [0, 0.1) is 3.57 Å². The van der Waals surface area contributed by atoms with E-state index in [0.717, 1.165) is 9.13 Å². The van der Waals surface area contributed by atoms with Crippen LogP contribution in [0.3, 0.4) is 0 Å². The lowest BCUT2D eigenvalue weighted by Crippen LogP contribution is -2.33. The number of nitrogens with zero attached hydrogens (tertiary/aromatic N) is 1. The standard InChI is InChI=1S/C13H18INO2/c1-3-15(8-9-17-4-2)13(16)11-6-5-7-12(14)10-11/h5-7,10H,3-4,8-9H2,1-2H3. The summed E-state index contributed by atoms with van der Waals surface area (Å²) in [5.41, 5.74) is 0.746. The van der Waals surface area contributed by atoms with E-state index in [1.807, 2.05) is 38.1 Å². The Morgan fingerprint density at radius 1 is 1.41 bits per heavy atom. The van der Waals surface area contributed by atoms with Gasteiger partial charge in [0.25, 0.3) is 5.91 Å². The quantitative estimate of drug-likeness (QED) is 0.585. The molecule has 4 heteroatoms. The molecule has 0 N–H and O–H groups in total. The van der Waals surface area contributed by atoms with Gasteiger partial charge >= 0.3 is 0 Å². The molecule has 0 bridgehead atoms. The van der Waals surface area contributed by atoms with Crippen molar-refractivity contribution in [2.75, 3.05) is 26.3 Å². The predicted octanol–water partition coefficient (Wildman–Crippen LogP) is 2.79. The molecule has 3 nitrogen and oxygen atoms in total. The average Bonchev–Trinajstić information content (AvgIpc) is 2.34. The maximum absolute atomic E-state index is 12.2. The summed E-state index contributed by atoms with van der Waals surface area (Å²) in [5.74, 6) is 0.0747. The largest absolute Gasteiger partial charge is 0.380 e. The van der Waals surface area contributed by atoms with Crippen LogP contribution >= 0.6 is 22.6 Å². The smallest absolute Gasteiger partial charge is 0.253 e. The number of hydrogen-bond acceptors (Lipinski definition) is 2. The predicted molar refractivity (Wildman–Crippen MR) is 77.2 cm³/mol. The lowest BCUT2D eigenvalue weighted by molar-refractivity contribution is 0.0669. The summed E-state index contributed by atoms with van der Waals surface area (Å²) in [6, 6.07) is 7.65. The Morgan fingerprint density at radius 2 is 2.18 bits per heavy atom. The first-order chi connectivity index (χ1) is 8.19. The summed E-state index contributed by atoms with van der Waals surface area (Å²) in [4.78, 5) is 14.0. The Hall–Kier alpha value is -0.620. The summed E-state index contributed by atoms with van der Waals surface area (Å²) in [7, 11) is 0. The molecule has 17 heavy (non-hydrogen) atoms. The maximum atomic E-state index is 12.2. The third-order valence-electron chi connectivity index (χ3n) is 2.45. The number of halogens is 1. The van der Waals surface area contributed by atoms with Crippen LogP contribution in [-0.2, 0) is 4.74 Å². The van der Waals surface area contributed by atoms with Crippen LogP contribution < -0.4 is 0 Å². The molecular weight excluding hydrogens is 329 g/mol. The second-order valence-corrected chi connectivity index (χ2v) is 4.84. The van der Waals surface area contributed by atoms with Crippen molar-refractivity contribution in [1.82, 2.24) is 4.90 Å². The second-order valence-electron chi connectivity index (χ2n) is 3.59. The monoisotopic (exact) mass is 347 g/mol. The number of likely N-dealkylation sites (N-methyl/N-ethyl adjacent to an activating group) is 1. The van der Waals surface area contributed by atoms with Gasteiger partial charge in [-0.1, -0.05) is 6.07 Å². The van der Waals surface area contributed by atoms with Crippen molar-refractivity contribution in [2.45, 2.75) is 13.8 Å². The van der Waals surface area contributed by atoms with Crippen molar-refractivity contribution >= 4 is 28.5 Å². The van der Waals surface area contributed by atoms with Gasteiger partial charge in [-0.25, -0.2) is 0 Å². The molecule has 0 spiro atoms. The number of carbonyl (C=O) groups excluding carboxylic acids is 1. The van der Waals surface area contributed by atoms with Crippen LogP contribution in [0.15, 0.2) is 24.3 Å². The molecule has 0 aromatic heterocycles. The van der Waals surface area contributed by atoms with E-state index in [2.05, 4.69) is 22.6 Å². The van der Waals surface area contributed by atoms with Gasteiger partial charge in [0, 0.05) is 28.8 Å². The Kier molecular flexibility index (Phi) is 6.50. The molecule has 0 aliphatic heterocycles. The Morgan fingerprint density at radius 3 is 2.76 bits per heavy atom. The highest BCUT2D eigenvalue weighted by Gasteiger charge is 2.13. The van der Waals surface area contributed by atoms with Crippen LogP contribution in [-0.4, -0.2) is 37.1 Å². The molecule has 1 rings (SSSR count). The van der Waals surface area contributed by atoms with E-state index in [-0.39, 0.29) is 5.91 Å². The molecule has 0 saturated carbocycles. The van der Waals surface area contributed by atoms with Gasteiger partial charge in [-0.2, -0.15) is 0 Å². The molecule has 0 radical (unpaired) electrons. The van der Waals surface area contributed by atoms with Crippen molar-refractivity contribution in [3.05, 3.63) is 33.4 Å². The van der Waals surface area contributed by atoms with Crippen LogP contribution in [0.25, 0.3) is 0 Å². The van der Waals surface area contributed by atoms with Gasteiger partial charge in [0.05, 0.1) is 6.61 Å². The molecule has 0 aliphatic rings. The van der Waals surface area contributed by atoms with E-state index in [0.29, 0.717) is 26.3 Å². The van der Waals surface area contributed by atoms with Crippen LogP contribution in [0.2, 0.25) is 0 Å². The summed E-state index contributed by atoms with van der Waals surface area (Å²) >= 11 is 2.21. The maximum Gasteiger partial charge on any atom is 0.253 e. The fourth-order valence-electron chi connectivity index (χ4n) is 1.53. The van der Waals surface area contributed by atoms with Crippen LogP contribution in [0.5, 0.6) is 0 Å². The summed E-state index contributed by atoms with van der Waals surface area (Å²) in [6.45, 7) is 6.58. The highest BCUT2D eigenvalue weighted by molar-refractivity contribution is 14.1. The molecule has 1 aromatic rings. The van der Waals surface area contributed by atoms with Gasteiger partial charge < -0.3 is 9.64 Å². The third-order valence-corrected chi connectivity index (χ3v) is 3.12. The Labute approximate surface area is 116 Å². The summed E-state index contributed by atoms with van der Waals surface area (Å²) < 4.78 is 6.36. The van der Waals surface area contributed by atoms with Crippen molar-refractivity contribution in [2.24, 2.45) is 0 Å². The first-order valence-electron chi connectivity index (χ1n) is 5.81. The molecule has 0 saturated heterocycles. The first-order valence-corrected chi connectivity index (χ1v) is 6.89. The Balaban J connectivity index is 2.65. The SMILES string of the molecule is CCOCCN(CC)C(=O)c1cccc(I)c1. The van der Waals surface area contributed by atoms with Gasteiger partial charge in [0.2, 0.25) is 0 Å². The normalized spacial score (nSPS) is 10.3. The zero-order valence-corrected chi connectivity index (χ0v) is 12.4. The highest BCUT2D eigenvalue weighted by Crippen LogP contribution is 2.10. The van der Waals surface area contributed by atoms with Gasteiger partial charge in [-0.05, 0) is 54.6 Å². The zero-order chi connectivity index (χ0) is 12.7. The lowest BCUT2D eigenvalue weighted by atomic mass is 10.2. The second kappa shape index (κ2) is 7.66. The van der Waals surface area contributed by atoms with E-state index in [9.17, 15) is 4.79 Å². The van der Waals surface area contributed by atoms with Gasteiger partial charge in [-0.15, -0.1) is 0 Å². The van der Waals surface area contributed by atoms with E-state index in [1.165, 1.54) is 0 Å². The number of hydrogen-bond donors (Lipinski definition) is 0. The number of benzene rings is 1. The molecule has 0 fully saturated rings. The van der Waals surface area contributed by atoms with E-state index < -0.39 is 0 Å². The van der Waals surface area contributed by atoms with Crippen molar-refractivity contribution in [3.8, 4) is 0 Å². The van der Waals surface area contributed by atoms with Gasteiger partial charge in [0.1, 0.15) is 0 Å². The van der Waals surface area contributed by atoms with Crippen LogP contribution in [0.4, 0.5) is 0 Å². The number of ether oxygens (including phenoxy) is 1. The molecule has 94 valence electrons. The summed E-state index contributed by atoms with van der Waals surface area (Å²) in [6.07, 6.45) is 0. The van der Waals surface area contributed by atoms with E-state index in [4.69, 9.17) is 4.74 Å². The molecule has 0 heterocycles. The first kappa shape index (κ1) is 14.4. The number of amides is 1. The van der Waals surface area contributed by atoms with Gasteiger partial charge in [-0.3, -0.25) is 4.79 Å². The van der Waals surface area contributed by atoms with Gasteiger partial charge in [0.15, 0.2) is 0 Å². The third kappa shape index (κ3) is 4.63. The number of carbonyl (C=O) groups is 1. The lowest BCUT2D eigenvalue weighted by Gasteiger charge is -2.20. The minimum absolute atomic E-state index is 0.0747. The minimum Gasteiger partial charge on any atom is -0.380 e. The van der Waals surface area contributed by atoms with E-state index >= 15 is 0 Å². The molecule has 1 aromatic carbocycles. The fraction of sp³-hybridized carbons (Fsp3) is 0.462. The highest BCUT2D eigenvalue weighted by atomic mass is 127. The Bertz CT molecular complexity index is 368. The molecule has 1 amide bonds. The molecule has 0 unspecified atom stereocenters. The van der Waals surface area contributed by atoms with Crippen molar-refractivity contribution in [1.29, 1.82) is 0 Å².